The number of ether oxygens (including phenoxy) is 1. The van der Waals surface area contributed by atoms with Crippen LogP contribution < -0.4 is 4.74 Å². The first-order chi connectivity index (χ1) is 9.28. The van der Waals surface area contributed by atoms with Gasteiger partial charge in [-0.15, -0.1) is 0 Å². The molecule has 3 aromatic rings. The Kier molecular flexibility index (Phi) is 2.83. The van der Waals surface area contributed by atoms with Crippen molar-refractivity contribution in [2.24, 2.45) is 0 Å². The molecule has 4 heteroatoms. The Labute approximate surface area is 110 Å². The molecule has 0 fully saturated rings. The Hall–Kier alpha value is -2.49. The van der Waals surface area contributed by atoms with Crippen molar-refractivity contribution in [3.05, 3.63) is 60.0 Å². The van der Waals surface area contributed by atoms with Gasteiger partial charge in [0.2, 0.25) is 0 Å². The smallest absolute Gasteiger partial charge is 0.197 e. The van der Waals surface area contributed by atoms with Gasteiger partial charge in [-0.25, -0.2) is 4.98 Å². The van der Waals surface area contributed by atoms with E-state index >= 15 is 0 Å². The molecule has 0 saturated heterocycles. The molecule has 0 aliphatic heterocycles. The molecular weight excluding hydrogens is 240 g/mol. The highest BCUT2D eigenvalue weighted by Gasteiger charge is 2.08. The number of aromatic nitrogens is 2. The van der Waals surface area contributed by atoms with Gasteiger partial charge in [-0.05, 0) is 29.8 Å². The van der Waals surface area contributed by atoms with E-state index in [4.69, 9.17) is 4.74 Å². The van der Waals surface area contributed by atoms with Gasteiger partial charge in [0, 0.05) is 6.42 Å². The lowest BCUT2D eigenvalue weighted by atomic mass is 10.1. The van der Waals surface area contributed by atoms with Gasteiger partial charge in [0.25, 0.3) is 0 Å². The predicted molar refractivity (Wildman–Crippen MR) is 72.7 cm³/mol. The lowest BCUT2D eigenvalue weighted by Crippen LogP contribution is -1.97. The first-order valence-electron chi connectivity index (χ1n) is 6.05. The third-order valence-corrected chi connectivity index (χ3v) is 3.10. The van der Waals surface area contributed by atoms with Crippen LogP contribution in [0, 0.1) is 0 Å². The topological polar surface area (TPSA) is 46.8 Å². The van der Waals surface area contributed by atoms with E-state index < -0.39 is 0 Å². The highest BCUT2D eigenvalue weighted by molar-refractivity contribution is 5.49. The SMILES string of the molecule is COc1cccc(Cc2ncc3cccc(O)n23)c1. The average molecular weight is 254 g/mol. The van der Waals surface area contributed by atoms with Gasteiger partial charge in [-0.1, -0.05) is 18.2 Å². The number of hydrogen-bond acceptors (Lipinski definition) is 3. The second kappa shape index (κ2) is 4.65. The standard InChI is InChI=1S/C15H14N2O2/c1-19-13-6-2-4-11(8-13)9-14-16-10-12-5-3-7-15(18)17(12)14/h2-8,10,18H,9H2,1H3. The number of benzene rings is 1. The molecule has 2 heterocycles. The Morgan fingerprint density at radius 1 is 1.21 bits per heavy atom. The van der Waals surface area contributed by atoms with E-state index in [-0.39, 0.29) is 5.88 Å². The molecule has 0 atom stereocenters. The number of fused-ring (bicyclic) bond motifs is 1. The van der Waals surface area contributed by atoms with Gasteiger partial charge in [0.05, 0.1) is 18.8 Å². The van der Waals surface area contributed by atoms with Crippen LogP contribution in [0.2, 0.25) is 0 Å². The molecule has 19 heavy (non-hydrogen) atoms. The average Bonchev–Trinajstić information content (AvgIpc) is 2.84. The normalized spacial score (nSPS) is 10.8. The van der Waals surface area contributed by atoms with Crippen LogP contribution in [-0.4, -0.2) is 21.6 Å². The molecule has 1 aromatic carbocycles. The van der Waals surface area contributed by atoms with Crippen molar-refractivity contribution in [3.8, 4) is 11.6 Å². The van der Waals surface area contributed by atoms with E-state index in [1.807, 2.05) is 36.4 Å². The first-order valence-corrected chi connectivity index (χ1v) is 6.05. The molecule has 4 nitrogen and oxygen atoms in total. The summed E-state index contributed by atoms with van der Waals surface area (Å²) in [4.78, 5) is 4.37. The molecule has 96 valence electrons. The number of pyridine rings is 1. The quantitative estimate of drug-likeness (QED) is 0.781. The van der Waals surface area contributed by atoms with Crippen LogP contribution >= 0.6 is 0 Å². The number of nitrogens with zero attached hydrogens (tertiary/aromatic N) is 2. The minimum Gasteiger partial charge on any atom is -0.497 e. The van der Waals surface area contributed by atoms with Gasteiger partial charge in [0.15, 0.2) is 5.88 Å². The van der Waals surface area contributed by atoms with E-state index in [1.54, 1.807) is 23.8 Å². The molecule has 0 aliphatic rings. The molecule has 0 spiro atoms. The van der Waals surface area contributed by atoms with Crippen LogP contribution in [0.4, 0.5) is 0 Å². The third kappa shape index (κ3) is 2.12. The van der Waals surface area contributed by atoms with Crippen molar-refractivity contribution in [1.29, 1.82) is 0 Å². The first kappa shape index (κ1) is 11.6. The maximum Gasteiger partial charge on any atom is 0.197 e. The summed E-state index contributed by atoms with van der Waals surface area (Å²) in [7, 11) is 1.65. The van der Waals surface area contributed by atoms with Crippen molar-refractivity contribution >= 4 is 5.52 Å². The molecule has 3 rings (SSSR count). The van der Waals surface area contributed by atoms with E-state index in [1.165, 1.54) is 0 Å². The van der Waals surface area contributed by atoms with Crippen molar-refractivity contribution < 1.29 is 9.84 Å². The molecule has 1 N–H and O–H groups in total. The van der Waals surface area contributed by atoms with Crippen LogP contribution in [0.25, 0.3) is 5.52 Å². The van der Waals surface area contributed by atoms with Crippen LogP contribution in [0.3, 0.4) is 0 Å². The van der Waals surface area contributed by atoms with Crippen LogP contribution in [0.5, 0.6) is 11.6 Å². The minimum atomic E-state index is 0.202. The van der Waals surface area contributed by atoms with Gasteiger partial charge >= 0.3 is 0 Å². The zero-order valence-corrected chi connectivity index (χ0v) is 10.6. The largest absolute Gasteiger partial charge is 0.497 e. The second-order valence-electron chi connectivity index (χ2n) is 4.35. The fourth-order valence-electron chi connectivity index (χ4n) is 2.18. The number of methoxy groups -OCH3 is 1. The fraction of sp³-hybridized carbons (Fsp3) is 0.133. The molecule has 0 aliphatic carbocycles. The van der Waals surface area contributed by atoms with Crippen LogP contribution in [0.15, 0.2) is 48.7 Å². The van der Waals surface area contributed by atoms with E-state index in [2.05, 4.69) is 4.98 Å². The van der Waals surface area contributed by atoms with Crippen molar-refractivity contribution in [3.63, 3.8) is 0 Å². The Morgan fingerprint density at radius 3 is 2.89 bits per heavy atom. The number of imidazole rings is 1. The number of hydrogen-bond donors (Lipinski definition) is 1. The predicted octanol–water partition coefficient (Wildman–Crippen LogP) is 2.64. The summed E-state index contributed by atoms with van der Waals surface area (Å²) < 4.78 is 6.96. The third-order valence-electron chi connectivity index (χ3n) is 3.10. The molecule has 0 radical (unpaired) electrons. The summed E-state index contributed by atoms with van der Waals surface area (Å²) in [6, 6.07) is 13.2. The Bertz CT molecular complexity index is 719. The van der Waals surface area contributed by atoms with E-state index in [0.29, 0.717) is 6.42 Å². The summed E-state index contributed by atoms with van der Waals surface area (Å²) in [5.41, 5.74) is 1.98. The lowest BCUT2D eigenvalue weighted by molar-refractivity contribution is 0.414. The van der Waals surface area contributed by atoms with Gasteiger partial charge in [-0.2, -0.15) is 0 Å². The molecule has 0 amide bonds. The highest BCUT2D eigenvalue weighted by Crippen LogP contribution is 2.20. The maximum absolute atomic E-state index is 9.92. The summed E-state index contributed by atoms with van der Waals surface area (Å²) >= 11 is 0. The molecule has 0 saturated carbocycles. The molecule has 2 aromatic heterocycles. The van der Waals surface area contributed by atoms with Crippen molar-refractivity contribution in [2.45, 2.75) is 6.42 Å². The van der Waals surface area contributed by atoms with E-state index in [9.17, 15) is 5.11 Å². The molecule has 0 unspecified atom stereocenters. The maximum atomic E-state index is 9.92. The van der Waals surface area contributed by atoms with E-state index in [0.717, 1.165) is 22.7 Å². The second-order valence-corrected chi connectivity index (χ2v) is 4.35. The van der Waals surface area contributed by atoms with Gasteiger partial charge in [0.1, 0.15) is 11.6 Å². The summed E-state index contributed by atoms with van der Waals surface area (Å²) in [6.45, 7) is 0. The van der Waals surface area contributed by atoms with Gasteiger partial charge < -0.3 is 9.84 Å². The van der Waals surface area contributed by atoms with Crippen molar-refractivity contribution in [1.82, 2.24) is 9.38 Å². The minimum absolute atomic E-state index is 0.202. The summed E-state index contributed by atoms with van der Waals surface area (Å²) in [5.74, 6) is 1.83. The highest BCUT2D eigenvalue weighted by atomic mass is 16.5. The Balaban J connectivity index is 2.01. The molecular formula is C15H14N2O2. The number of aromatic hydroxyl groups is 1. The summed E-state index contributed by atoms with van der Waals surface area (Å²) in [5, 5.41) is 9.92. The lowest BCUT2D eigenvalue weighted by Gasteiger charge is -2.05. The Morgan fingerprint density at radius 2 is 2.05 bits per heavy atom. The monoisotopic (exact) mass is 254 g/mol. The molecule has 0 bridgehead atoms. The van der Waals surface area contributed by atoms with Crippen molar-refractivity contribution in [2.75, 3.05) is 7.11 Å². The summed E-state index contributed by atoms with van der Waals surface area (Å²) in [6.07, 6.45) is 2.40. The van der Waals surface area contributed by atoms with Crippen LogP contribution in [-0.2, 0) is 6.42 Å². The zero-order valence-electron chi connectivity index (χ0n) is 10.6. The fourth-order valence-corrected chi connectivity index (χ4v) is 2.18. The van der Waals surface area contributed by atoms with Crippen LogP contribution in [0.1, 0.15) is 11.4 Å². The number of rotatable bonds is 3. The zero-order chi connectivity index (χ0) is 13.2. The van der Waals surface area contributed by atoms with Gasteiger partial charge in [-0.3, -0.25) is 4.40 Å².